The average Bonchev–Trinajstić information content (AvgIpc) is 1.00. The molecule has 0 saturated heterocycles. The van der Waals surface area contributed by atoms with Crippen LogP contribution in [0.25, 0.3) is 0 Å². The normalized spacial score (nSPS) is 1.50. The Labute approximate surface area is 113 Å². The van der Waals surface area contributed by atoms with E-state index in [4.69, 9.17) is 5.11 Å². The van der Waals surface area contributed by atoms with Crippen LogP contribution in [0.15, 0.2) is 0 Å². The van der Waals surface area contributed by atoms with Crippen molar-refractivity contribution in [3.8, 4) is 0 Å². The molecule has 0 aromatic heterocycles. The fourth-order valence-corrected chi connectivity index (χ4v) is 0. The van der Waals surface area contributed by atoms with Gasteiger partial charge in [0.05, 0.1) is 0 Å². The molecule has 0 aromatic rings. The summed E-state index contributed by atoms with van der Waals surface area (Å²) in [7, 11) is 1.00. The van der Waals surface area contributed by atoms with Gasteiger partial charge in [0, 0.05) is 7.11 Å². The van der Waals surface area contributed by atoms with Crippen LogP contribution in [0.2, 0.25) is 0 Å². The molecular formula is CH7K2O+. The van der Waals surface area contributed by atoms with E-state index in [0.29, 0.717) is 0 Å². The summed E-state index contributed by atoms with van der Waals surface area (Å²) in [6, 6.07) is 0. The van der Waals surface area contributed by atoms with E-state index in [0.717, 1.165) is 7.11 Å². The molecule has 0 atom stereocenters. The van der Waals surface area contributed by atoms with Crippen molar-refractivity contribution >= 4 is 103 Å². The molecule has 0 aliphatic rings. The van der Waals surface area contributed by atoms with Crippen LogP contribution >= 0.6 is 0 Å². The van der Waals surface area contributed by atoms with Crippen molar-refractivity contribution in [1.29, 1.82) is 0 Å². The standard InChI is InChI=1S/CH4O.2K.2H/c1-2;;;;/h2H,1H3;;;;/p+1. The predicted molar refractivity (Wildman–Crippen MR) is 23.6 cm³/mol. The minimum atomic E-state index is 0. The molecule has 0 bridgehead atoms. The maximum atomic E-state index is 7.00. The van der Waals surface area contributed by atoms with Crippen LogP contribution in [0, 0.1) is 0 Å². The fourth-order valence-electron chi connectivity index (χ4n) is 0. The zero-order chi connectivity index (χ0) is 2.00. The summed E-state index contributed by atoms with van der Waals surface area (Å²) in [5, 5.41) is 7.00. The monoisotopic (exact) mass is 113 g/mol. The van der Waals surface area contributed by atoms with Crippen molar-refractivity contribution in [2.45, 2.75) is 0 Å². The summed E-state index contributed by atoms with van der Waals surface area (Å²) in [5.74, 6) is 0. The molecule has 0 spiro atoms. The molecule has 0 radical (unpaired) electrons. The molecule has 0 aromatic carbocycles. The van der Waals surface area contributed by atoms with Gasteiger partial charge in [-0.2, -0.15) is 0 Å². The summed E-state index contributed by atoms with van der Waals surface area (Å²) in [6.45, 7) is 0. The van der Waals surface area contributed by atoms with Gasteiger partial charge in [0.25, 0.3) is 0 Å². The molecule has 0 saturated carbocycles. The van der Waals surface area contributed by atoms with E-state index in [9.17, 15) is 0 Å². The van der Waals surface area contributed by atoms with Gasteiger partial charge in [-0.15, -0.1) is 0 Å². The topological polar surface area (TPSA) is 20.2 Å². The van der Waals surface area contributed by atoms with Gasteiger partial charge in [-0.3, -0.25) is 0 Å². The van der Waals surface area contributed by atoms with Gasteiger partial charge < -0.3 is 5.11 Å². The molecule has 3 heteroatoms. The van der Waals surface area contributed by atoms with E-state index in [2.05, 4.69) is 0 Å². The third-order valence-electron chi connectivity index (χ3n) is 0. The Morgan fingerprint density at radius 3 is 1.25 bits per heavy atom. The van der Waals surface area contributed by atoms with Gasteiger partial charge in [0.2, 0.25) is 0 Å². The third kappa shape index (κ3) is 8.97. The molecule has 0 aliphatic heterocycles. The molecule has 1 N–H and O–H groups in total. The van der Waals surface area contributed by atoms with E-state index in [1.807, 2.05) is 0 Å². The second-order valence-corrected chi connectivity index (χ2v) is 0. The Kier molecular flexibility index (Phi) is 64.0. The van der Waals surface area contributed by atoms with E-state index in [-0.39, 0.29) is 104 Å². The van der Waals surface area contributed by atoms with Crippen molar-refractivity contribution < 1.29 is 6.53 Å². The summed E-state index contributed by atoms with van der Waals surface area (Å²) in [5.41, 5.74) is 0. The van der Waals surface area contributed by atoms with E-state index in [1.165, 1.54) is 0 Å². The van der Waals surface area contributed by atoms with Crippen LogP contribution in [-0.4, -0.2) is 115 Å². The van der Waals surface area contributed by atoms with E-state index in [1.54, 1.807) is 0 Å². The Morgan fingerprint density at radius 2 is 1.25 bits per heavy atom. The van der Waals surface area contributed by atoms with Crippen LogP contribution < -0.4 is 0 Å². The SMILES string of the molecule is CO.[H+].[KH].[KH]. The van der Waals surface area contributed by atoms with Crippen LogP contribution in [0.5, 0.6) is 0 Å². The van der Waals surface area contributed by atoms with Gasteiger partial charge in [-0.1, -0.05) is 0 Å². The van der Waals surface area contributed by atoms with Gasteiger partial charge in [-0.05, 0) is 0 Å². The number of hydrogen-bond donors (Lipinski definition) is 1. The molecule has 0 heterocycles. The van der Waals surface area contributed by atoms with Crippen molar-refractivity contribution in [3.05, 3.63) is 0 Å². The van der Waals surface area contributed by atoms with Crippen molar-refractivity contribution in [3.63, 3.8) is 0 Å². The van der Waals surface area contributed by atoms with Crippen LogP contribution in [0.1, 0.15) is 1.43 Å². The fraction of sp³-hybridized carbons (Fsp3) is 1.00. The Balaban J connectivity index is -0.00000000167. The van der Waals surface area contributed by atoms with Crippen molar-refractivity contribution in [2.24, 2.45) is 0 Å². The number of rotatable bonds is 0. The first kappa shape index (κ1) is 15.7. The molecule has 0 amide bonds. The molecule has 0 aliphatic carbocycles. The maximum absolute atomic E-state index is 7.00. The quantitative estimate of drug-likeness (QED) is 0.376. The molecule has 0 rings (SSSR count). The summed E-state index contributed by atoms with van der Waals surface area (Å²) in [6.07, 6.45) is 0. The van der Waals surface area contributed by atoms with Crippen molar-refractivity contribution in [1.82, 2.24) is 0 Å². The van der Waals surface area contributed by atoms with Gasteiger partial charge in [-0.25, -0.2) is 0 Å². The van der Waals surface area contributed by atoms with Crippen molar-refractivity contribution in [2.75, 3.05) is 7.11 Å². The Hall–Kier alpha value is 3.23. The number of hydrogen-bond acceptors (Lipinski definition) is 1. The molecule has 18 valence electrons. The van der Waals surface area contributed by atoms with Gasteiger partial charge >= 0.3 is 104 Å². The molecule has 1 nitrogen and oxygen atoms in total. The van der Waals surface area contributed by atoms with Gasteiger partial charge in [0.15, 0.2) is 0 Å². The first-order valence-electron chi connectivity index (χ1n) is 0.447. The summed E-state index contributed by atoms with van der Waals surface area (Å²) < 4.78 is 0. The first-order valence-corrected chi connectivity index (χ1v) is 0.447. The van der Waals surface area contributed by atoms with Crippen LogP contribution in [0.3, 0.4) is 0 Å². The summed E-state index contributed by atoms with van der Waals surface area (Å²) in [4.78, 5) is 0. The third-order valence-corrected chi connectivity index (χ3v) is 0. The number of aliphatic hydroxyl groups excluding tert-OH is 1. The van der Waals surface area contributed by atoms with Crippen LogP contribution in [0.4, 0.5) is 0 Å². The first-order chi connectivity index (χ1) is 1.00. The minimum absolute atomic E-state index is 0. The second-order valence-electron chi connectivity index (χ2n) is 0. The predicted octanol–water partition coefficient (Wildman–Crippen LogP) is -1.58. The van der Waals surface area contributed by atoms with Gasteiger partial charge in [0.1, 0.15) is 0 Å². The van der Waals surface area contributed by atoms with E-state index < -0.39 is 0 Å². The summed E-state index contributed by atoms with van der Waals surface area (Å²) >= 11 is 0. The second kappa shape index (κ2) is 16.3. The zero-order valence-electron chi connectivity index (χ0n) is 2.45. The molecule has 0 unspecified atom stereocenters. The Bertz CT molecular complexity index is 9.61. The van der Waals surface area contributed by atoms with Crippen LogP contribution in [-0.2, 0) is 0 Å². The van der Waals surface area contributed by atoms with E-state index >= 15 is 0 Å². The molecule has 4 heavy (non-hydrogen) atoms. The Morgan fingerprint density at radius 1 is 1.25 bits per heavy atom. The number of aliphatic hydroxyl groups is 1. The average molecular weight is 113 g/mol. The molecular weight excluding hydrogens is 106 g/mol. The zero-order valence-corrected chi connectivity index (χ0v) is 1.45. The molecule has 0 fully saturated rings.